The third-order valence-corrected chi connectivity index (χ3v) is 5.40. The molecule has 8 nitrogen and oxygen atoms in total. The third-order valence-electron chi connectivity index (χ3n) is 5.40. The summed E-state index contributed by atoms with van der Waals surface area (Å²) >= 11 is 0. The maximum Gasteiger partial charge on any atom is 0.326 e. The number of aromatic nitrogens is 1. The van der Waals surface area contributed by atoms with Crippen LogP contribution >= 0.6 is 0 Å². The summed E-state index contributed by atoms with van der Waals surface area (Å²) in [5.74, 6) is -2.04. The highest BCUT2D eigenvalue weighted by atomic mass is 19.1. The number of halogens is 1. The van der Waals surface area contributed by atoms with Gasteiger partial charge in [0.15, 0.2) is 0 Å². The molecule has 3 aromatic rings. The Kier molecular flexibility index (Phi) is 8.39. The van der Waals surface area contributed by atoms with Crippen molar-refractivity contribution in [2.45, 2.75) is 25.4 Å². The van der Waals surface area contributed by atoms with Crippen molar-refractivity contribution in [2.24, 2.45) is 5.73 Å². The second-order valence-corrected chi connectivity index (χ2v) is 7.98. The molecule has 1 atom stereocenters. The van der Waals surface area contributed by atoms with E-state index < -0.39 is 23.5 Å². The monoisotopic (exact) mass is 478 g/mol. The molecule has 5 N–H and O–H groups in total. The number of aliphatic carboxylic acids is 1. The molecule has 0 aliphatic carbocycles. The molecule has 3 rings (SSSR count). The Labute approximate surface area is 201 Å². The smallest absolute Gasteiger partial charge is 0.326 e. The number of nitrogens with zero attached hydrogens (tertiary/aromatic N) is 1. The molecule has 182 valence electrons. The Morgan fingerprint density at radius 1 is 1.09 bits per heavy atom. The number of carboxylic acid groups (broad SMARTS) is 1. The lowest BCUT2D eigenvalue weighted by Gasteiger charge is -2.16. The zero-order valence-corrected chi connectivity index (χ0v) is 19.0. The third kappa shape index (κ3) is 6.80. The van der Waals surface area contributed by atoms with E-state index in [9.17, 15) is 23.9 Å². The average Bonchev–Trinajstić information content (AvgIpc) is 2.83. The molecule has 9 heteroatoms. The van der Waals surface area contributed by atoms with Gasteiger partial charge in [-0.25, -0.2) is 9.18 Å². The molecule has 0 fully saturated rings. The predicted octanol–water partition coefficient (Wildman–Crippen LogP) is 2.69. The van der Waals surface area contributed by atoms with Gasteiger partial charge in [-0.2, -0.15) is 0 Å². The number of amides is 1. The zero-order chi connectivity index (χ0) is 25.4. The number of carbonyl (C=O) groups is 2. The number of nitrogens with two attached hydrogens (primary N) is 1. The standard InChI is InChI=1S/C26H27FN4O4/c1-17(28)29-14-4-9-23(26(34)35)30-24(32)22-8-5-15-31(25(22)33)16-19-6-2-3-7-21(19)18-10-12-20(27)13-11-18/h2-3,5-8,10-13,15,23,29H,1,4,9,14,16,28H2,(H,30,32)(H,34,35). The molecule has 0 aliphatic heterocycles. The van der Waals surface area contributed by atoms with Gasteiger partial charge >= 0.3 is 5.97 Å². The largest absolute Gasteiger partial charge is 0.480 e. The van der Waals surface area contributed by atoms with Crippen molar-refractivity contribution in [3.05, 3.63) is 107 Å². The van der Waals surface area contributed by atoms with Gasteiger partial charge in [-0.3, -0.25) is 9.59 Å². The summed E-state index contributed by atoms with van der Waals surface area (Å²) < 4.78 is 14.7. The first-order chi connectivity index (χ1) is 16.8. The summed E-state index contributed by atoms with van der Waals surface area (Å²) in [6.45, 7) is 4.07. The number of hydrogen-bond donors (Lipinski definition) is 4. The number of benzene rings is 2. The summed E-state index contributed by atoms with van der Waals surface area (Å²) in [4.78, 5) is 37.4. The Hall–Kier alpha value is -4.40. The highest BCUT2D eigenvalue weighted by Gasteiger charge is 2.22. The van der Waals surface area contributed by atoms with E-state index in [1.165, 1.54) is 22.8 Å². The highest BCUT2D eigenvalue weighted by Crippen LogP contribution is 2.24. The van der Waals surface area contributed by atoms with Crippen LogP contribution in [0.4, 0.5) is 4.39 Å². The Balaban J connectivity index is 1.78. The van der Waals surface area contributed by atoms with Crippen LogP contribution in [0.25, 0.3) is 11.1 Å². The van der Waals surface area contributed by atoms with Crippen LogP contribution < -0.4 is 21.9 Å². The summed E-state index contributed by atoms with van der Waals surface area (Å²) in [5.41, 5.74) is 7.13. The fourth-order valence-electron chi connectivity index (χ4n) is 3.64. The minimum Gasteiger partial charge on any atom is -0.480 e. The second kappa shape index (κ2) is 11.6. The molecule has 1 heterocycles. The van der Waals surface area contributed by atoms with Crippen LogP contribution in [0.5, 0.6) is 0 Å². The van der Waals surface area contributed by atoms with Gasteiger partial charge in [0.1, 0.15) is 17.4 Å². The van der Waals surface area contributed by atoms with Crippen molar-refractivity contribution in [1.29, 1.82) is 0 Å². The highest BCUT2D eigenvalue weighted by molar-refractivity contribution is 5.96. The van der Waals surface area contributed by atoms with Crippen LogP contribution in [0.15, 0.2) is 84.1 Å². The molecule has 0 saturated heterocycles. The topological polar surface area (TPSA) is 126 Å². The lowest BCUT2D eigenvalue weighted by atomic mass is 9.99. The van der Waals surface area contributed by atoms with E-state index in [0.717, 1.165) is 16.7 Å². The van der Waals surface area contributed by atoms with E-state index in [-0.39, 0.29) is 30.2 Å². The van der Waals surface area contributed by atoms with E-state index in [2.05, 4.69) is 17.2 Å². The van der Waals surface area contributed by atoms with Gasteiger partial charge in [0.25, 0.3) is 11.5 Å². The number of pyridine rings is 1. The van der Waals surface area contributed by atoms with Crippen molar-refractivity contribution >= 4 is 11.9 Å². The molecule has 2 aromatic carbocycles. The van der Waals surface area contributed by atoms with E-state index in [1.54, 1.807) is 24.4 Å². The zero-order valence-electron chi connectivity index (χ0n) is 19.0. The molecule has 0 bridgehead atoms. The van der Waals surface area contributed by atoms with Gasteiger partial charge in [-0.15, -0.1) is 0 Å². The van der Waals surface area contributed by atoms with Crippen LogP contribution in [-0.2, 0) is 11.3 Å². The second-order valence-electron chi connectivity index (χ2n) is 7.98. The summed E-state index contributed by atoms with van der Waals surface area (Å²) in [5, 5.41) is 14.7. The lowest BCUT2D eigenvalue weighted by molar-refractivity contribution is -0.139. The SMILES string of the molecule is C=C(N)NCCCC(NC(=O)c1cccn(Cc2ccccc2-c2ccc(F)cc2)c1=O)C(=O)O. The molecule has 0 spiro atoms. The molecule has 0 radical (unpaired) electrons. The Bertz CT molecular complexity index is 1270. The van der Waals surface area contributed by atoms with Crippen molar-refractivity contribution < 1.29 is 19.1 Å². The van der Waals surface area contributed by atoms with Crippen molar-refractivity contribution in [3.63, 3.8) is 0 Å². The van der Waals surface area contributed by atoms with E-state index in [1.807, 2.05) is 24.3 Å². The predicted molar refractivity (Wildman–Crippen MR) is 131 cm³/mol. The van der Waals surface area contributed by atoms with E-state index in [0.29, 0.717) is 13.0 Å². The fraction of sp³-hybridized carbons (Fsp3) is 0.192. The molecule has 1 aromatic heterocycles. The van der Waals surface area contributed by atoms with Gasteiger partial charge in [-0.05, 0) is 53.8 Å². The number of nitrogens with one attached hydrogen (secondary N) is 2. The first-order valence-corrected chi connectivity index (χ1v) is 11.0. The molecule has 1 unspecified atom stereocenters. The number of carboxylic acids is 1. The van der Waals surface area contributed by atoms with Crippen molar-refractivity contribution in [1.82, 2.24) is 15.2 Å². The molecule has 1 amide bonds. The first-order valence-electron chi connectivity index (χ1n) is 11.0. The average molecular weight is 479 g/mol. The Morgan fingerprint density at radius 3 is 2.49 bits per heavy atom. The molecule has 35 heavy (non-hydrogen) atoms. The van der Waals surface area contributed by atoms with Crippen molar-refractivity contribution in [3.8, 4) is 11.1 Å². The Morgan fingerprint density at radius 2 is 1.80 bits per heavy atom. The lowest BCUT2D eigenvalue weighted by Crippen LogP contribution is -2.43. The summed E-state index contributed by atoms with van der Waals surface area (Å²) in [6.07, 6.45) is 2.13. The van der Waals surface area contributed by atoms with Crippen LogP contribution in [0.3, 0.4) is 0 Å². The molecule has 0 saturated carbocycles. The summed E-state index contributed by atoms with van der Waals surface area (Å²) in [7, 11) is 0. The van der Waals surface area contributed by atoms with Crippen LogP contribution in [0.2, 0.25) is 0 Å². The van der Waals surface area contributed by atoms with Gasteiger partial charge in [0.2, 0.25) is 0 Å². The molecule has 0 aliphatic rings. The van der Waals surface area contributed by atoms with Crippen molar-refractivity contribution in [2.75, 3.05) is 6.54 Å². The number of rotatable bonds is 11. The van der Waals surface area contributed by atoms with E-state index >= 15 is 0 Å². The van der Waals surface area contributed by atoms with Crippen LogP contribution in [0, 0.1) is 5.82 Å². The maximum atomic E-state index is 13.4. The normalized spacial score (nSPS) is 11.5. The fourth-order valence-corrected chi connectivity index (χ4v) is 3.64. The summed E-state index contributed by atoms with van der Waals surface area (Å²) in [6, 6.07) is 15.2. The van der Waals surface area contributed by atoms with Crippen LogP contribution in [0.1, 0.15) is 28.8 Å². The quantitative estimate of drug-likeness (QED) is 0.314. The number of hydrogen-bond acceptors (Lipinski definition) is 5. The van der Waals surface area contributed by atoms with Crippen LogP contribution in [-0.4, -0.2) is 34.1 Å². The maximum absolute atomic E-state index is 13.4. The minimum atomic E-state index is -1.20. The van der Waals surface area contributed by atoms with E-state index in [4.69, 9.17) is 5.73 Å². The number of carbonyl (C=O) groups excluding carboxylic acids is 1. The molecular formula is C26H27FN4O4. The van der Waals surface area contributed by atoms with Gasteiger partial charge in [0, 0.05) is 12.7 Å². The van der Waals surface area contributed by atoms with Gasteiger partial charge < -0.3 is 26.0 Å². The van der Waals surface area contributed by atoms with Gasteiger partial charge in [0.05, 0.1) is 12.4 Å². The molecular weight excluding hydrogens is 451 g/mol. The minimum absolute atomic E-state index is 0.146. The first kappa shape index (κ1) is 25.2. The van der Waals surface area contributed by atoms with Gasteiger partial charge in [-0.1, -0.05) is 43.0 Å².